The molecule has 2 nitrogen and oxygen atoms in total. The second-order valence-electron chi connectivity index (χ2n) is 4.02. The van der Waals surface area contributed by atoms with Crippen LogP contribution >= 0.6 is 11.6 Å². The average molecular weight is 305 g/mol. The maximum absolute atomic E-state index is 13.2. The van der Waals surface area contributed by atoms with Crippen LogP contribution in [0.15, 0.2) is 36.4 Å². The number of nitrogens with one attached hydrogen (secondary N) is 1. The number of benzene rings is 2. The van der Waals surface area contributed by atoms with Crippen molar-refractivity contribution in [1.29, 1.82) is 0 Å². The van der Waals surface area contributed by atoms with E-state index in [0.29, 0.717) is 6.07 Å². The van der Waals surface area contributed by atoms with E-state index in [9.17, 15) is 17.6 Å². The van der Waals surface area contributed by atoms with Crippen LogP contribution in [0.4, 0.5) is 34.6 Å². The lowest BCUT2D eigenvalue weighted by molar-refractivity contribution is -0.139. The van der Waals surface area contributed by atoms with Crippen molar-refractivity contribution >= 4 is 28.7 Å². The number of para-hydroxylation sites is 1. The van der Waals surface area contributed by atoms with Crippen molar-refractivity contribution < 1.29 is 17.6 Å². The fourth-order valence-electron chi connectivity index (χ4n) is 1.64. The molecule has 0 heterocycles. The van der Waals surface area contributed by atoms with Crippen LogP contribution in [0.5, 0.6) is 0 Å². The zero-order valence-corrected chi connectivity index (χ0v) is 10.7. The van der Waals surface area contributed by atoms with Crippen LogP contribution in [0.1, 0.15) is 5.56 Å². The lowest BCUT2D eigenvalue weighted by atomic mass is 10.1. The molecule has 2 aromatic carbocycles. The van der Waals surface area contributed by atoms with Gasteiger partial charge in [-0.25, -0.2) is 4.39 Å². The molecule has 0 saturated carbocycles. The minimum atomic E-state index is -4.77. The second kappa shape index (κ2) is 5.20. The van der Waals surface area contributed by atoms with Crippen molar-refractivity contribution in [2.45, 2.75) is 6.18 Å². The largest absolute Gasteiger partial charge is 0.419 e. The maximum atomic E-state index is 13.2. The smallest absolute Gasteiger partial charge is 0.397 e. The Morgan fingerprint density at radius 2 is 1.80 bits per heavy atom. The fraction of sp³-hybridized carbons (Fsp3) is 0.0769. The lowest BCUT2D eigenvalue weighted by Crippen LogP contribution is -2.09. The first-order valence-electron chi connectivity index (χ1n) is 5.47. The molecule has 3 N–H and O–H groups in total. The molecule has 0 aliphatic carbocycles. The first-order chi connectivity index (χ1) is 9.29. The van der Waals surface area contributed by atoms with Crippen LogP contribution in [0, 0.1) is 5.82 Å². The van der Waals surface area contributed by atoms with E-state index in [1.807, 2.05) is 0 Å². The van der Waals surface area contributed by atoms with Crippen LogP contribution < -0.4 is 11.1 Å². The molecule has 0 fully saturated rings. The Kier molecular flexibility index (Phi) is 3.76. The SMILES string of the molecule is Nc1cccc(Cl)c1Nc1ccc(F)c(C(F)(F)F)c1. The van der Waals surface area contributed by atoms with Gasteiger partial charge in [0.2, 0.25) is 0 Å². The molecule has 20 heavy (non-hydrogen) atoms. The molecule has 0 aliphatic heterocycles. The number of hydrogen-bond acceptors (Lipinski definition) is 2. The van der Waals surface area contributed by atoms with Gasteiger partial charge in [-0.1, -0.05) is 17.7 Å². The molecule has 0 bridgehead atoms. The van der Waals surface area contributed by atoms with Crippen molar-refractivity contribution in [1.82, 2.24) is 0 Å². The predicted octanol–water partition coefficient (Wildman–Crippen LogP) is 4.82. The van der Waals surface area contributed by atoms with E-state index in [0.717, 1.165) is 6.07 Å². The third kappa shape index (κ3) is 2.96. The predicted molar refractivity (Wildman–Crippen MR) is 70.5 cm³/mol. The highest BCUT2D eigenvalue weighted by Gasteiger charge is 2.34. The van der Waals surface area contributed by atoms with Crippen LogP contribution in [-0.2, 0) is 6.18 Å². The minimum absolute atomic E-state index is 0.0403. The highest BCUT2D eigenvalue weighted by Crippen LogP contribution is 2.35. The second-order valence-corrected chi connectivity index (χ2v) is 4.43. The molecule has 0 radical (unpaired) electrons. The third-order valence-electron chi connectivity index (χ3n) is 2.59. The quantitative estimate of drug-likeness (QED) is 0.616. The Balaban J connectivity index is 2.40. The van der Waals surface area contributed by atoms with Gasteiger partial charge in [0.15, 0.2) is 0 Å². The Hall–Kier alpha value is -1.95. The van der Waals surface area contributed by atoms with Gasteiger partial charge in [-0.3, -0.25) is 0 Å². The summed E-state index contributed by atoms with van der Waals surface area (Å²) >= 11 is 5.90. The van der Waals surface area contributed by atoms with Gasteiger partial charge in [0.05, 0.1) is 22.0 Å². The van der Waals surface area contributed by atoms with E-state index >= 15 is 0 Å². The number of hydrogen-bond donors (Lipinski definition) is 2. The summed E-state index contributed by atoms with van der Waals surface area (Å²) in [6.07, 6.45) is -4.77. The third-order valence-corrected chi connectivity index (χ3v) is 2.90. The van der Waals surface area contributed by atoms with Gasteiger partial charge in [-0.05, 0) is 30.3 Å². The van der Waals surface area contributed by atoms with Crippen molar-refractivity contribution in [2.24, 2.45) is 0 Å². The van der Waals surface area contributed by atoms with Crippen molar-refractivity contribution in [3.8, 4) is 0 Å². The van der Waals surface area contributed by atoms with E-state index in [2.05, 4.69) is 5.32 Å². The van der Waals surface area contributed by atoms with Gasteiger partial charge in [0, 0.05) is 5.69 Å². The fourth-order valence-corrected chi connectivity index (χ4v) is 1.87. The molecular formula is C13H9ClF4N2. The molecule has 0 spiro atoms. The van der Waals surface area contributed by atoms with Gasteiger partial charge in [-0.2, -0.15) is 13.2 Å². The van der Waals surface area contributed by atoms with E-state index in [4.69, 9.17) is 17.3 Å². The normalized spacial score (nSPS) is 11.4. The average Bonchev–Trinajstić information content (AvgIpc) is 2.34. The summed E-state index contributed by atoms with van der Waals surface area (Å²) in [4.78, 5) is 0. The molecule has 0 amide bonds. The summed E-state index contributed by atoms with van der Waals surface area (Å²) in [7, 11) is 0. The van der Waals surface area contributed by atoms with E-state index in [-0.39, 0.29) is 22.1 Å². The summed E-state index contributed by atoms with van der Waals surface area (Å²) < 4.78 is 51.0. The standard InChI is InChI=1S/C13H9ClF4N2/c14-9-2-1-3-11(19)12(9)20-7-4-5-10(15)8(6-7)13(16,17)18/h1-6,20H,19H2. The highest BCUT2D eigenvalue weighted by atomic mass is 35.5. The van der Waals surface area contributed by atoms with E-state index < -0.39 is 17.6 Å². The topological polar surface area (TPSA) is 38.0 Å². The molecule has 2 rings (SSSR count). The molecule has 0 aromatic heterocycles. The van der Waals surface area contributed by atoms with Crippen molar-refractivity contribution in [3.63, 3.8) is 0 Å². The number of anilines is 3. The van der Waals surface area contributed by atoms with Gasteiger partial charge in [-0.15, -0.1) is 0 Å². The molecule has 0 aliphatic rings. The molecule has 0 unspecified atom stereocenters. The monoisotopic (exact) mass is 304 g/mol. The van der Waals surface area contributed by atoms with Crippen LogP contribution in [0.25, 0.3) is 0 Å². The molecule has 2 aromatic rings. The van der Waals surface area contributed by atoms with E-state index in [1.54, 1.807) is 12.1 Å². The highest BCUT2D eigenvalue weighted by molar-refractivity contribution is 6.34. The first-order valence-corrected chi connectivity index (χ1v) is 5.84. The summed E-state index contributed by atoms with van der Waals surface area (Å²) in [5, 5.41) is 2.91. The minimum Gasteiger partial charge on any atom is -0.397 e. The Bertz CT molecular complexity index is 621. The number of alkyl halides is 3. The van der Waals surface area contributed by atoms with Crippen LogP contribution in [-0.4, -0.2) is 0 Å². The number of nitrogens with two attached hydrogens (primary N) is 1. The molecule has 7 heteroatoms. The number of halogens is 5. The van der Waals surface area contributed by atoms with Crippen molar-refractivity contribution in [3.05, 3.63) is 52.8 Å². The molecule has 0 atom stereocenters. The van der Waals surface area contributed by atoms with Gasteiger partial charge >= 0.3 is 6.18 Å². The summed E-state index contributed by atoms with van der Waals surface area (Å²) in [6.45, 7) is 0. The number of nitrogen functional groups attached to an aromatic ring is 1. The van der Waals surface area contributed by atoms with Gasteiger partial charge < -0.3 is 11.1 Å². The van der Waals surface area contributed by atoms with E-state index in [1.165, 1.54) is 12.1 Å². The first kappa shape index (κ1) is 14.5. The zero-order valence-electron chi connectivity index (χ0n) is 9.93. The van der Waals surface area contributed by atoms with Gasteiger partial charge in [0.1, 0.15) is 5.82 Å². The molecular weight excluding hydrogens is 296 g/mol. The summed E-state index contributed by atoms with van der Waals surface area (Å²) in [5.74, 6) is -1.34. The number of rotatable bonds is 2. The van der Waals surface area contributed by atoms with Crippen LogP contribution in [0.3, 0.4) is 0 Å². The Morgan fingerprint density at radius 1 is 1.10 bits per heavy atom. The van der Waals surface area contributed by atoms with Crippen molar-refractivity contribution in [2.75, 3.05) is 11.1 Å². The van der Waals surface area contributed by atoms with Gasteiger partial charge in [0.25, 0.3) is 0 Å². The Morgan fingerprint density at radius 3 is 2.40 bits per heavy atom. The van der Waals surface area contributed by atoms with Crippen LogP contribution in [0.2, 0.25) is 5.02 Å². The Labute approximate surface area is 117 Å². The zero-order chi connectivity index (χ0) is 14.9. The summed E-state index contributed by atoms with van der Waals surface area (Å²) in [6, 6.07) is 7.26. The maximum Gasteiger partial charge on any atom is 0.419 e. The molecule has 106 valence electrons. The lowest BCUT2D eigenvalue weighted by Gasteiger charge is -2.14. The summed E-state index contributed by atoms with van der Waals surface area (Å²) in [5.41, 5.74) is 4.91. The molecule has 0 saturated heterocycles.